The maximum Gasteiger partial charge on any atom is 0.370 e. The molecule has 0 fully saturated rings. The van der Waals surface area contributed by atoms with Gasteiger partial charge in [0.25, 0.3) is 0 Å². The maximum atomic E-state index is 11.9. The van der Waals surface area contributed by atoms with Gasteiger partial charge in [0, 0.05) is 31.9 Å². The van der Waals surface area contributed by atoms with E-state index in [1.807, 2.05) is 0 Å². The van der Waals surface area contributed by atoms with Crippen molar-refractivity contribution < 1.29 is 28.7 Å². The van der Waals surface area contributed by atoms with Crippen molar-refractivity contribution in [2.75, 3.05) is 5.75 Å². The topological polar surface area (TPSA) is 86.7 Å². The minimum atomic E-state index is -0.994. The number of hydrogen-bond acceptors (Lipinski definition) is 8. The molecule has 0 aromatic carbocycles. The summed E-state index contributed by atoms with van der Waals surface area (Å²) in [7, 11) is 0. The monoisotopic (exact) mass is 350 g/mol. The summed E-state index contributed by atoms with van der Waals surface area (Å²) >= 11 is 4.94. The summed E-state index contributed by atoms with van der Waals surface area (Å²) in [5.74, 6) is -1.37. The van der Waals surface area contributed by atoms with Gasteiger partial charge in [0.1, 0.15) is 11.6 Å². The zero-order chi connectivity index (χ0) is 17.5. The van der Waals surface area contributed by atoms with Gasteiger partial charge < -0.3 is 9.47 Å². The molecule has 2 atom stereocenters. The minimum Gasteiger partial charge on any atom is -0.426 e. The lowest BCUT2D eigenvalue weighted by Gasteiger charge is -2.19. The number of rotatable bonds is 8. The highest BCUT2D eigenvalue weighted by atomic mass is 32.2. The van der Waals surface area contributed by atoms with Crippen LogP contribution in [-0.4, -0.2) is 39.6 Å². The fourth-order valence-electron chi connectivity index (χ4n) is 1.39. The SMILES string of the molecule is CC(=O)O[C@@H](C)OC(=O)SC[C@H](CC(=O)C(C)(C)S)C(C)=O. The van der Waals surface area contributed by atoms with Gasteiger partial charge in [0.15, 0.2) is 0 Å². The van der Waals surface area contributed by atoms with Crippen LogP contribution >= 0.6 is 24.4 Å². The number of esters is 1. The fraction of sp³-hybridized carbons (Fsp3) is 0.714. The van der Waals surface area contributed by atoms with Gasteiger partial charge in [-0.1, -0.05) is 0 Å². The molecule has 126 valence electrons. The van der Waals surface area contributed by atoms with Crippen molar-refractivity contribution in [3.05, 3.63) is 0 Å². The predicted octanol–water partition coefficient (Wildman–Crippen LogP) is 2.64. The van der Waals surface area contributed by atoms with E-state index in [0.29, 0.717) is 0 Å². The lowest BCUT2D eigenvalue weighted by Crippen LogP contribution is -2.30. The first-order valence-corrected chi connectivity index (χ1v) is 8.13. The largest absolute Gasteiger partial charge is 0.426 e. The molecule has 0 heterocycles. The van der Waals surface area contributed by atoms with Crippen molar-refractivity contribution >= 4 is 47.2 Å². The summed E-state index contributed by atoms with van der Waals surface area (Å²) in [5, 5.41) is -0.669. The molecule has 0 N–H and O–H groups in total. The van der Waals surface area contributed by atoms with Crippen LogP contribution in [0.25, 0.3) is 0 Å². The number of ketones is 2. The molecular formula is C14H22O6S2. The van der Waals surface area contributed by atoms with E-state index in [9.17, 15) is 19.2 Å². The van der Waals surface area contributed by atoms with Crippen LogP contribution in [0.3, 0.4) is 0 Å². The minimum absolute atomic E-state index is 0.0195. The first-order chi connectivity index (χ1) is 9.93. The zero-order valence-corrected chi connectivity index (χ0v) is 15.1. The number of carbonyl (C=O) groups excluding carboxylic acids is 4. The van der Waals surface area contributed by atoms with E-state index in [-0.39, 0.29) is 23.7 Å². The normalized spacial score (nSPS) is 13.9. The van der Waals surface area contributed by atoms with E-state index in [2.05, 4.69) is 17.4 Å². The summed E-state index contributed by atoms with van der Waals surface area (Å²) in [6.45, 7) is 7.29. The molecule has 8 heteroatoms. The van der Waals surface area contributed by atoms with E-state index in [4.69, 9.17) is 4.74 Å². The van der Waals surface area contributed by atoms with E-state index in [0.717, 1.165) is 11.8 Å². The van der Waals surface area contributed by atoms with Gasteiger partial charge in [-0.15, -0.1) is 0 Å². The van der Waals surface area contributed by atoms with Crippen LogP contribution in [0, 0.1) is 5.92 Å². The van der Waals surface area contributed by atoms with E-state index in [1.54, 1.807) is 13.8 Å². The zero-order valence-electron chi connectivity index (χ0n) is 13.4. The molecule has 0 aliphatic rings. The van der Waals surface area contributed by atoms with Crippen LogP contribution in [-0.2, 0) is 23.9 Å². The Balaban J connectivity index is 4.42. The molecular weight excluding hydrogens is 328 g/mol. The van der Waals surface area contributed by atoms with Gasteiger partial charge >= 0.3 is 11.3 Å². The summed E-state index contributed by atoms with van der Waals surface area (Å²) in [6.07, 6.45) is -0.975. The summed E-state index contributed by atoms with van der Waals surface area (Å²) in [5.41, 5.74) is 0. The Morgan fingerprint density at radius 1 is 1.14 bits per heavy atom. The molecule has 0 aromatic heterocycles. The van der Waals surface area contributed by atoms with Crippen LogP contribution in [0.5, 0.6) is 0 Å². The number of ether oxygens (including phenoxy) is 2. The lowest BCUT2D eigenvalue weighted by atomic mass is 9.94. The standard InChI is InChI=1S/C14H22O6S2/c1-8(15)11(6-12(17)14(4,5)21)7-22-13(18)20-10(3)19-9(2)16/h10-11,21H,6-7H2,1-5H3/t10-,11+/m1/s1. The molecule has 0 aliphatic carbocycles. The van der Waals surface area contributed by atoms with Crippen molar-refractivity contribution in [2.24, 2.45) is 5.92 Å². The number of thiol groups is 1. The predicted molar refractivity (Wildman–Crippen MR) is 87.0 cm³/mol. The van der Waals surface area contributed by atoms with Crippen LogP contribution in [0.2, 0.25) is 0 Å². The van der Waals surface area contributed by atoms with Gasteiger partial charge in [-0.25, -0.2) is 4.79 Å². The molecule has 22 heavy (non-hydrogen) atoms. The molecule has 0 aromatic rings. The molecule has 0 rings (SSSR count). The summed E-state index contributed by atoms with van der Waals surface area (Å²) in [4.78, 5) is 45.8. The van der Waals surface area contributed by atoms with E-state index in [1.165, 1.54) is 20.8 Å². The van der Waals surface area contributed by atoms with Crippen molar-refractivity contribution in [3.63, 3.8) is 0 Å². The summed E-state index contributed by atoms with van der Waals surface area (Å²) < 4.78 is 8.66. The third-order valence-corrected chi connectivity index (χ3v) is 3.84. The van der Waals surface area contributed by atoms with Crippen LogP contribution < -0.4 is 0 Å². The highest BCUT2D eigenvalue weighted by Crippen LogP contribution is 2.22. The number of Topliss-reactive ketones (excluding diaryl/α,β-unsaturated/α-hetero) is 2. The maximum absolute atomic E-state index is 11.9. The van der Waals surface area contributed by atoms with Gasteiger partial charge in [-0.05, 0) is 32.5 Å². The van der Waals surface area contributed by atoms with Gasteiger partial charge in [-0.3, -0.25) is 14.4 Å². The van der Waals surface area contributed by atoms with Crippen molar-refractivity contribution in [1.29, 1.82) is 0 Å². The third-order valence-electron chi connectivity index (χ3n) is 2.69. The van der Waals surface area contributed by atoms with Gasteiger partial charge in [0.2, 0.25) is 6.29 Å². The van der Waals surface area contributed by atoms with Crippen LogP contribution in [0.4, 0.5) is 4.79 Å². The molecule has 0 unspecified atom stereocenters. The Morgan fingerprint density at radius 2 is 1.68 bits per heavy atom. The lowest BCUT2D eigenvalue weighted by molar-refractivity contribution is -0.160. The number of hydrogen-bond donors (Lipinski definition) is 1. The first kappa shape index (κ1) is 21.0. The van der Waals surface area contributed by atoms with Crippen molar-refractivity contribution in [3.8, 4) is 0 Å². The average molecular weight is 350 g/mol. The second-order valence-corrected chi connectivity index (χ2v) is 7.42. The van der Waals surface area contributed by atoms with Gasteiger partial charge in [-0.2, -0.15) is 12.6 Å². The highest BCUT2D eigenvalue weighted by Gasteiger charge is 2.28. The van der Waals surface area contributed by atoms with Crippen molar-refractivity contribution in [2.45, 2.75) is 52.1 Å². The first-order valence-electron chi connectivity index (χ1n) is 6.70. The molecule has 6 nitrogen and oxygen atoms in total. The second-order valence-electron chi connectivity index (χ2n) is 5.35. The van der Waals surface area contributed by atoms with Crippen molar-refractivity contribution in [1.82, 2.24) is 0 Å². The average Bonchev–Trinajstić information content (AvgIpc) is 2.30. The fourth-order valence-corrected chi connectivity index (χ4v) is 2.37. The molecule has 0 aliphatic heterocycles. The Hall–Kier alpha value is -1.02. The summed E-state index contributed by atoms with van der Waals surface area (Å²) in [6, 6.07) is 0. The molecule has 0 saturated carbocycles. The number of thioether (sulfide) groups is 1. The Labute approximate surface area is 140 Å². The Morgan fingerprint density at radius 3 is 2.09 bits per heavy atom. The smallest absolute Gasteiger partial charge is 0.370 e. The second kappa shape index (κ2) is 9.19. The van der Waals surface area contributed by atoms with E-state index >= 15 is 0 Å². The Bertz CT molecular complexity index is 441. The Kier molecular flexibility index (Phi) is 8.77. The van der Waals surface area contributed by atoms with Crippen LogP contribution in [0.1, 0.15) is 41.0 Å². The molecule has 0 amide bonds. The number of carbonyl (C=O) groups is 4. The molecule has 0 bridgehead atoms. The molecule has 0 saturated heterocycles. The van der Waals surface area contributed by atoms with E-state index < -0.39 is 28.2 Å². The molecule has 0 radical (unpaired) electrons. The molecule has 0 spiro atoms. The third kappa shape index (κ3) is 9.09. The quantitative estimate of drug-likeness (QED) is 0.409. The van der Waals surface area contributed by atoms with Gasteiger partial charge in [0.05, 0.1) is 4.75 Å². The van der Waals surface area contributed by atoms with Crippen LogP contribution in [0.15, 0.2) is 0 Å². The highest BCUT2D eigenvalue weighted by molar-refractivity contribution is 8.13.